The molecule has 130 valence electrons. The lowest BCUT2D eigenvalue weighted by molar-refractivity contribution is -0.126. The Kier molecular flexibility index (Phi) is 4.60. The average Bonchev–Trinajstić information content (AvgIpc) is 3.39. The smallest absolute Gasteiger partial charge is 0.248 e. The maximum atomic E-state index is 12.6. The van der Waals surface area contributed by atoms with E-state index in [-0.39, 0.29) is 22.3 Å². The monoisotopic (exact) mass is 351 g/mol. The first-order valence-corrected chi connectivity index (χ1v) is 9.52. The lowest BCUT2D eigenvalue weighted by atomic mass is 9.97. The molecular weight excluding hydrogens is 330 g/mol. The fourth-order valence-corrected chi connectivity index (χ4v) is 4.31. The van der Waals surface area contributed by atoms with Crippen molar-refractivity contribution in [1.82, 2.24) is 9.62 Å². The molecule has 2 amide bonds. The van der Waals surface area contributed by atoms with E-state index >= 15 is 0 Å². The Bertz CT molecular complexity index is 733. The number of carbonyl (C=O) groups excluding carboxylic acids is 2. The molecule has 0 bridgehead atoms. The predicted octanol–water partition coefficient (Wildman–Crippen LogP) is 0.465. The van der Waals surface area contributed by atoms with Crippen LogP contribution >= 0.6 is 0 Å². The number of carbonyl (C=O) groups is 2. The summed E-state index contributed by atoms with van der Waals surface area (Å²) in [5.74, 6) is -0.670. The third-order valence-electron chi connectivity index (χ3n) is 4.53. The summed E-state index contributed by atoms with van der Waals surface area (Å²) < 4.78 is 26.7. The SMILES string of the molecule is NC(=O)c1ccc(S(=O)(=O)N2CCC(C(=O)NC3CC3)CC2)cc1. The summed E-state index contributed by atoms with van der Waals surface area (Å²) in [5.41, 5.74) is 5.43. The molecule has 1 saturated carbocycles. The topological polar surface area (TPSA) is 110 Å². The lowest BCUT2D eigenvalue weighted by Crippen LogP contribution is -2.43. The van der Waals surface area contributed by atoms with Gasteiger partial charge in [-0.05, 0) is 49.9 Å². The number of nitrogens with two attached hydrogens (primary N) is 1. The van der Waals surface area contributed by atoms with Crippen LogP contribution in [0.15, 0.2) is 29.2 Å². The first-order valence-electron chi connectivity index (χ1n) is 8.08. The van der Waals surface area contributed by atoms with Crippen molar-refractivity contribution in [3.63, 3.8) is 0 Å². The Balaban J connectivity index is 1.63. The van der Waals surface area contributed by atoms with Crippen molar-refractivity contribution in [2.24, 2.45) is 11.7 Å². The van der Waals surface area contributed by atoms with Gasteiger partial charge in [0.05, 0.1) is 4.90 Å². The molecule has 1 aliphatic heterocycles. The first-order chi connectivity index (χ1) is 11.4. The minimum Gasteiger partial charge on any atom is -0.366 e. The highest BCUT2D eigenvalue weighted by Gasteiger charge is 2.34. The first kappa shape index (κ1) is 16.9. The number of amides is 2. The highest BCUT2D eigenvalue weighted by Crippen LogP contribution is 2.26. The molecule has 0 aromatic heterocycles. The van der Waals surface area contributed by atoms with Crippen LogP contribution in [0.4, 0.5) is 0 Å². The second kappa shape index (κ2) is 6.52. The molecule has 7 nitrogen and oxygen atoms in total. The van der Waals surface area contributed by atoms with E-state index in [2.05, 4.69) is 5.32 Å². The van der Waals surface area contributed by atoms with E-state index in [1.807, 2.05) is 0 Å². The number of nitrogens with one attached hydrogen (secondary N) is 1. The van der Waals surface area contributed by atoms with Crippen molar-refractivity contribution in [3.8, 4) is 0 Å². The van der Waals surface area contributed by atoms with Gasteiger partial charge in [0.25, 0.3) is 0 Å². The third kappa shape index (κ3) is 3.59. The zero-order chi connectivity index (χ0) is 17.3. The van der Waals surface area contributed by atoms with Crippen molar-refractivity contribution in [2.75, 3.05) is 13.1 Å². The van der Waals surface area contributed by atoms with Crippen molar-refractivity contribution in [1.29, 1.82) is 0 Å². The summed E-state index contributed by atoms with van der Waals surface area (Å²) in [6.07, 6.45) is 3.13. The summed E-state index contributed by atoms with van der Waals surface area (Å²) in [4.78, 5) is 23.3. The average molecular weight is 351 g/mol. The molecule has 8 heteroatoms. The van der Waals surface area contributed by atoms with Gasteiger partial charge in [-0.3, -0.25) is 9.59 Å². The van der Waals surface area contributed by atoms with Gasteiger partial charge in [-0.15, -0.1) is 0 Å². The number of benzene rings is 1. The fraction of sp³-hybridized carbons (Fsp3) is 0.500. The van der Waals surface area contributed by atoms with Crippen LogP contribution in [0.2, 0.25) is 0 Å². The van der Waals surface area contributed by atoms with Crippen LogP contribution in [0.5, 0.6) is 0 Å². The predicted molar refractivity (Wildman–Crippen MR) is 87.6 cm³/mol. The molecule has 0 unspecified atom stereocenters. The fourth-order valence-electron chi connectivity index (χ4n) is 2.85. The van der Waals surface area contributed by atoms with Gasteiger partial charge in [0.2, 0.25) is 21.8 Å². The van der Waals surface area contributed by atoms with Gasteiger partial charge in [0.1, 0.15) is 0 Å². The van der Waals surface area contributed by atoms with Crippen LogP contribution in [0.1, 0.15) is 36.0 Å². The van der Waals surface area contributed by atoms with E-state index in [1.165, 1.54) is 28.6 Å². The lowest BCUT2D eigenvalue weighted by Gasteiger charge is -2.30. The van der Waals surface area contributed by atoms with Gasteiger partial charge in [-0.25, -0.2) is 8.42 Å². The zero-order valence-corrected chi connectivity index (χ0v) is 14.1. The van der Waals surface area contributed by atoms with Gasteiger partial charge in [-0.2, -0.15) is 4.31 Å². The summed E-state index contributed by atoms with van der Waals surface area (Å²) in [5, 5.41) is 2.97. The normalized spacial score (nSPS) is 19.8. The molecule has 24 heavy (non-hydrogen) atoms. The summed E-state index contributed by atoms with van der Waals surface area (Å²) >= 11 is 0. The van der Waals surface area contributed by atoms with Crippen molar-refractivity contribution < 1.29 is 18.0 Å². The van der Waals surface area contributed by atoms with Crippen molar-refractivity contribution in [2.45, 2.75) is 36.6 Å². The Labute approximate surface area is 141 Å². The Morgan fingerprint density at radius 1 is 1.04 bits per heavy atom. The standard InChI is InChI=1S/C16H21N3O4S/c17-15(20)11-1-5-14(6-2-11)24(22,23)19-9-7-12(8-10-19)16(21)18-13-3-4-13/h1-2,5-6,12-13H,3-4,7-10H2,(H2,17,20)(H,18,21). The molecule has 0 spiro atoms. The number of primary amides is 1. The van der Waals surface area contributed by atoms with Crippen molar-refractivity contribution in [3.05, 3.63) is 29.8 Å². The molecule has 1 aromatic rings. The van der Waals surface area contributed by atoms with Crippen LogP contribution in [0, 0.1) is 5.92 Å². The third-order valence-corrected chi connectivity index (χ3v) is 6.44. The van der Waals surface area contributed by atoms with Gasteiger partial charge >= 0.3 is 0 Å². The van der Waals surface area contributed by atoms with Gasteiger partial charge in [0, 0.05) is 30.6 Å². The van der Waals surface area contributed by atoms with Crippen LogP contribution in [0.3, 0.4) is 0 Å². The quantitative estimate of drug-likeness (QED) is 0.803. The van der Waals surface area contributed by atoms with Crippen LogP contribution in [-0.2, 0) is 14.8 Å². The van der Waals surface area contributed by atoms with Crippen LogP contribution < -0.4 is 11.1 Å². The maximum Gasteiger partial charge on any atom is 0.248 e. The Hall–Kier alpha value is -1.93. The van der Waals surface area contributed by atoms with E-state index in [4.69, 9.17) is 5.73 Å². The van der Waals surface area contributed by atoms with E-state index in [0.29, 0.717) is 32.0 Å². The van der Waals surface area contributed by atoms with Crippen molar-refractivity contribution >= 4 is 21.8 Å². The van der Waals surface area contributed by atoms with Crippen LogP contribution in [-0.4, -0.2) is 43.7 Å². The molecule has 2 fully saturated rings. The number of hydrogen-bond acceptors (Lipinski definition) is 4. The van der Waals surface area contributed by atoms with Crippen LogP contribution in [0.25, 0.3) is 0 Å². The molecule has 3 rings (SSSR count). The summed E-state index contributed by atoms with van der Waals surface area (Å²) in [6.45, 7) is 0.644. The number of sulfonamides is 1. The molecule has 1 heterocycles. The molecule has 0 radical (unpaired) electrons. The molecular formula is C16H21N3O4S. The molecule has 1 saturated heterocycles. The van der Waals surface area contributed by atoms with E-state index < -0.39 is 15.9 Å². The van der Waals surface area contributed by atoms with Gasteiger partial charge < -0.3 is 11.1 Å². The number of hydrogen-bond donors (Lipinski definition) is 2. The summed E-state index contributed by atoms with van der Waals surface area (Å²) in [6, 6.07) is 5.92. The number of nitrogens with zero attached hydrogens (tertiary/aromatic N) is 1. The number of piperidine rings is 1. The highest BCUT2D eigenvalue weighted by atomic mass is 32.2. The minimum absolute atomic E-state index is 0.0420. The van der Waals surface area contributed by atoms with E-state index in [1.54, 1.807) is 0 Å². The minimum atomic E-state index is -3.61. The molecule has 1 aliphatic carbocycles. The molecule has 1 aromatic carbocycles. The largest absolute Gasteiger partial charge is 0.366 e. The van der Waals surface area contributed by atoms with Gasteiger partial charge in [0.15, 0.2) is 0 Å². The second-order valence-electron chi connectivity index (χ2n) is 6.35. The Morgan fingerprint density at radius 2 is 1.62 bits per heavy atom. The van der Waals surface area contributed by atoms with E-state index in [0.717, 1.165) is 12.8 Å². The molecule has 3 N–H and O–H groups in total. The zero-order valence-electron chi connectivity index (χ0n) is 13.3. The number of rotatable bonds is 5. The van der Waals surface area contributed by atoms with Gasteiger partial charge in [-0.1, -0.05) is 0 Å². The maximum absolute atomic E-state index is 12.6. The second-order valence-corrected chi connectivity index (χ2v) is 8.29. The van der Waals surface area contributed by atoms with E-state index in [9.17, 15) is 18.0 Å². The highest BCUT2D eigenvalue weighted by molar-refractivity contribution is 7.89. The molecule has 0 atom stereocenters. The molecule has 2 aliphatic rings. The summed E-state index contributed by atoms with van der Waals surface area (Å²) in [7, 11) is -3.61. The Morgan fingerprint density at radius 3 is 2.12 bits per heavy atom.